The second-order valence-corrected chi connectivity index (χ2v) is 3.55. The number of benzene rings is 1. The highest BCUT2D eigenvalue weighted by Gasteiger charge is 2.34. The number of alkyl halides is 3. The lowest BCUT2D eigenvalue weighted by atomic mass is 10.1. The van der Waals surface area contributed by atoms with Gasteiger partial charge in [-0.2, -0.15) is 0 Å². The highest BCUT2D eigenvalue weighted by Crippen LogP contribution is 2.39. The van der Waals surface area contributed by atoms with Gasteiger partial charge in [-0.05, 0) is 6.07 Å². The molecule has 0 saturated heterocycles. The van der Waals surface area contributed by atoms with Gasteiger partial charge in [-0.1, -0.05) is 17.7 Å². The monoisotopic (exact) mass is 285 g/mol. The molecule has 0 spiro atoms. The number of carboxylic acids is 1. The third-order valence-electron chi connectivity index (χ3n) is 1.90. The number of hydrogen-bond donors (Lipinski definition) is 3. The Morgan fingerprint density at radius 2 is 2.00 bits per heavy atom. The van der Waals surface area contributed by atoms with Gasteiger partial charge in [0.25, 0.3) is 0 Å². The third kappa shape index (κ3) is 3.17. The Labute approximate surface area is 104 Å². The fourth-order valence-electron chi connectivity index (χ4n) is 1.15. The van der Waals surface area contributed by atoms with Crippen molar-refractivity contribution in [2.75, 3.05) is 5.73 Å². The summed E-state index contributed by atoms with van der Waals surface area (Å²) in [6.45, 7) is 0. The first-order chi connectivity index (χ1) is 8.13. The average Bonchev–Trinajstić information content (AvgIpc) is 2.22. The number of nitrogen functional groups attached to an aromatic ring is 1. The van der Waals surface area contributed by atoms with E-state index in [1.165, 1.54) is 0 Å². The standard InChI is InChI=1S/C9H7ClF3NO4/c10-5-3(6(15)8(16)17)1-2-4(14)7(5)18-9(11,12)13/h1-2,6,15H,14H2,(H,16,17). The zero-order chi connectivity index (χ0) is 14.1. The summed E-state index contributed by atoms with van der Waals surface area (Å²) in [4.78, 5) is 10.5. The van der Waals surface area contributed by atoms with Crippen LogP contribution in [0.15, 0.2) is 12.1 Å². The Morgan fingerprint density at radius 1 is 1.44 bits per heavy atom. The van der Waals surface area contributed by atoms with Crippen molar-refractivity contribution in [2.45, 2.75) is 12.5 Å². The molecule has 0 heterocycles. The summed E-state index contributed by atoms with van der Waals surface area (Å²) in [7, 11) is 0. The number of anilines is 1. The van der Waals surface area contributed by atoms with Gasteiger partial charge in [0.15, 0.2) is 11.9 Å². The molecule has 0 fully saturated rings. The summed E-state index contributed by atoms with van der Waals surface area (Å²) in [6, 6.07) is 1.95. The maximum Gasteiger partial charge on any atom is 0.573 e. The summed E-state index contributed by atoms with van der Waals surface area (Å²) in [5.74, 6) is -2.61. The second kappa shape index (κ2) is 4.91. The first-order valence-electron chi connectivity index (χ1n) is 4.38. The molecule has 5 nitrogen and oxygen atoms in total. The summed E-state index contributed by atoms with van der Waals surface area (Å²) in [6.07, 6.45) is -7.11. The number of aliphatic hydroxyl groups excluding tert-OH is 1. The minimum Gasteiger partial charge on any atom is -0.479 e. The van der Waals surface area contributed by atoms with E-state index in [1.807, 2.05) is 0 Å². The van der Waals surface area contributed by atoms with Gasteiger partial charge in [-0.25, -0.2) is 4.79 Å². The van der Waals surface area contributed by atoms with E-state index in [0.29, 0.717) is 0 Å². The largest absolute Gasteiger partial charge is 0.573 e. The van der Waals surface area contributed by atoms with Crippen molar-refractivity contribution in [1.82, 2.24) is 0 Å². The molecule has 0 radical (unpaired) electrons. The molecule has 0 aliphatic heterocycles. The van der Waals surface area contributed by atoms with Crippen LogP contribution in [0.4, 0.5) is 18.9 Å². The van der Waals surface area contributed by atoms with Crippen molar-refractivity contribution < 1.29 is 32.9 Å². The van der Waals surface area contributed by atoms with Crippen LogP contribution in [-0.4, -0.2) is 22.5 Å². The van der Waals surface area contributed by atoms with Crippen LogP contribution in [0.3, 0.4) is 0 Å². The summed E-state index contributed by atoms with van der Waals surface area (Å²) < 4.78 is 39.8. The minimum absolute atomic E-state index is 0.432. The van der Waals surface area contributed by atoms with Gasteiger partial charge in [0.05, 0.1) is 10.7 Å². The van der Waals surface area contributed by atoms with Gasteiger partial charge in [0.1, 0.15) is 0 Å². The van der Waals surface area contributed by atoms with Crippen LogP contribution in [0.1, 0.15) is 11.7 Å². The number of carboxylic acid groups (broad SMARTS) is 1. The lowest BCUT2D eigenvalue weighted by Gasteiger charge is -2.16. The molecule has 4 N–H and O–H groups in total. The minimum atomic E-state index is -5.04. The molecule has 0 aliphatic carbocycles. The van der Waals surface area contributed by atoms with Gasteiger partial charge < -0.3 is 20.7 Å². The molecule has 1 aromatic rings. The number of rotatable bonds is 3. The Balaban J connectivity index is 3.27. The van der Waals surface area contributed by atoms with Crippen LogP contribution < -0.4 is 10.5 Å². The van der Waals surface area contributed by atoms with Crippen LogP contribution in [0, 0.1) is 0 Å². The van der Waals surface area contributed by atoms with E-state index in [2.05, 4.69) is 4.74 Å². The van der Waals surface area contributed by atoms with Gasteiger partial charge in [0, 0.05) is 5.56 Å². The molecule has 1 aromatic carbocycles. The molecule has 1 atom stereocenters. The lowest BCUT2D eigenvalue weighted by Crippen LogP contribution is -2.19. The molecule has 0 bridgehead atoms. The normalized spacial score (nSPS) is 13.2. The molecular formula is C9H7ClF3NO4. The van der Waals surface area contributed by atoms with E-state index in [0.717, 1.165) is 12.1 Å². The molecule has 0 amide bonds. The van der Waals surface area contributed by atoms with Gasteiger partial charge in [0.2, 0.25) is 0 Å². The maximum absolute atomic E-state index is 12.1. The molecule has 9 heteroatoms. The Morgan fingerprint density at radius 3 is 2.44 bits per heavy atom. The van der Waals surface area contributed by atoms with E-state index in [4.69, 9.17) is 22.4 Å². The summed E-state index contributed by atoms with van der Waals surface area (Å²) >= 11 is 5.53. The van der Waals surface area contributed by atoms with Crippen molar-refractivity contribution in [1.29, 1.82) is 0 Å². The maximum atomic E-state index is 12.1. The fraction of sp³-hybridized carbons (Fsp3) is 0.222. The van der Waals surface area contributed by atoms with E-state index >= 15 is 0 Å². The fourth-order valence-corrected chi connectivity index (χ4v) is 1.46. The quantitative estimate of drug-likeness (QED) is 0.738. The van der Waals surface area contributed by atoms with Crippen molar-refractivity contribution >= 4 is 23.3 Å². The predicted molar refractivity (Wildman–Crippen MR) is 55.1 cm³/mol. The lowest BCUT2D eigenvalue weighted by molar-refractivity contribution is -0.274. The SMILES string of the molecule is Nc1ccc(C(O)C(=O)O)c(Cl)c1OC(F)(F)F. The van der Waals surface area contributed by atoms with Crippen molar-refractivity contribution in [3.63, 3.8) is 0 Å². The van der Waals surface area contributed by atoms with Crippen LogP contribution >= 0.6 is 11.6 Å². The molecule has 18 heavy (non-hydrogen) atoms. The summed E-state index contributed by atoms with van der Waals surface area (Å²) in [5.41, 5.74) is 4.36. The molecular weight excluding hydrogens is 279 g/mol. The van der Waals surface area contributed by atoms with E-state index in [9.17, 15) is 23.1 Å². The molecule has 0 aromatic heterocycles. The number of aliphatic carboxylic acids is 1. The van der Waals surface area contributed by atoms with E-state index < -0.39 is 40.5 Å². The van der Waals surface area contributed by atoms with Crippen LogP contribution in [0.5, 0.6) is 5.75 Å². The number of ether oxygens (including phenoxy) is 1. The Hall–Kier alpha value is -1.67. The number of hydrogen-bond acceptors (Lipinski definition) is 4. The second-order valence-electron chi connectivity index (χ2n) is 3.18. The molecule has 1 unspecified atom stereocenters. The Kier molecular flexibility index (Phi) is 3.92. The number of halogens is 4. The average molecular weight is 286 g/mol. The van der Waals surface area contributed by atoms with E-state index in [-0.39, 0.29) is 0 Å². The number of nitrogens with two attached hydrogens (primary N) is 1. The highest BCUT2D eigenvalue weighted by molar-refractivity contribution is 6.33. The van der Waals surface area contributed by atoms with Crippen LogP contribution in [-0.2, 0) is 4.79 Å². The number of carbonyl (C=O) groups is 1. The topological polar surface area (TPSA) is 92.8 Å². The molecule has 100 valence electrons. The highest BCUT2D eigenvalue weighted by atomic mass is 35.5. The zero-order valence-electron chi connectivity index (χ0n) is 8.53. The van der Waals surface area contributed by atoms with Gasteiger partial charge >= 0.3 is 12.3 Å². The van der Waals surface area contributed by atoms with Crippen LogP contribution in [0.2, 0.25) is 5.02 Å². The van der Waals surface area contributed by atoms with Crippen LogP contribution in [0.25, 0.3) is 0 Å². The van der Waals surface area contributed by atoms with Crippen molar-refractivity contribution in [3.05, 3.63) is 22.7 Å². The number of aliphatic hydroxyl groups is 1. The zero-order valence-corrected chi connectivity index (χ0v) is 9.29. The first kappa shape index (κ1) is 14.4. The predicted octanol–water partition coefficient (Wildman–Crippen LogP) is 1.94. The van der Waals surface area contributed by atoms with E-state index in [1.54, 1.807) is 0 Å². The molecule has 0 aliphatic rings. The summed E-state index contributed by atoms with van der Waals surface area (Å²) in [5, 5.41) is 17.1. The molecule has 0 saturated carbocycles. The van der Waals surface area contributed by atoms with Crippen molar-refractivity contribution in [3.8, 4) is 5.75 Å². The molecule has 1 rings (SSSR count). The van der Waals surface area contributed by atoms with Crippen molar-refractivity contribution in [2.24, 2.45) is 0 Å². The third-order valence-corrected chi connectivity index (χ3v) is 2.29. The van der Waals surface area contributed by atoms with Gasteiger partial charge in [-0.3, -0.25) is 0 Å². The van der Waals surface area contributed by atoms with Gasteiger partial charge in [-0.15, -0.1) is 13.2 Å². The smallest absolute Gasteiger partial charge is 0.479 e. The first-order valence-corrected chi connectivity index (χ1v) is 4.75. The Bertz CT molecular complexity index is 478.